The van der Waals surface area contributed by atoms with Crippen molar-refractivity contribution in [2.45, 2.75) is 115 Å². The Labute approximate surface area is 291 Å². The molecule has 3 aromatic rings. The molecule has 2 aliphatic heterocycles. The molecule has 10 heteroatoms. The SMILES string of the molecule is C[C@@H]1[C@H](NC(=O)c2cc3c(n2C)CC(C)(C)C3)CCCN1c1cnc(C(N)=O)c(Nc2ccc(C3(C)CCN(C4CCCC4)CC3)cc2)n1. The van der Waals surface area contributed by atoms with Gasteiger partial charge >= 0.3 is 0 Å². The molecule has 0 unspecified atom stereocenters. The number of anilines is 3. The molecule has 3 fully saturated rings. The number of nitrogens with two attached hydrogens (primary N) is 1. The van der Waals surface area contributed by atoms with E-state index in [1.165, 1.54) is 42.5 Å². The van der Waals surface area contributed by atoms with Crippen molar-refractivity contribution >= 4 is 29.1 Å². The molecule has 1 saturated carbocycles. The average molecular weight is 667 g/mol. The molecule has 49 heavy (non-hydrogen) atoms. The fourth-order valence-corrected chi connectivity index (χ4v) is 9.06. The van der Waals surface area contributed by atoms with Gasteiger partial charge in [-0.3, -0.25) is 9.59 Å². The molecule has 10 nitrogen and oxygen atoms in total. The maximum Gasteiger partial charge on any atom is 0.271 e. The second-order valence-corrected chi connectivity index (χ2v) is 16.3. The number of piperidine rings is 2. The number of fused-ring (bicyclic) bond motifs is 1. The van der Waals surface area contributed by atoms with Crippen LogP contribution in [-0.4, -0.2) is 69.0 Å². The topological polar surface area (TPSA) is 121 Å². The van der Waals surface area contributed by atoms with E-state index < -0.39 is 5.91 Å². The summed E-state index contributed by atoms with van der Waals surface area (Å²) in [5, 5.41) is 6.68. The first-order chi connectivity index (χ1) is 23.4. The maximum atomic E-state index is 13.5. The highest BCUT2D eigenvalue weighted by Gasteiger charge is 2.36. The van der Waals surface area contributed by atoms with E-state index in [0.717, 1.165) is 75.6 Å². The van der Waals surface area contributed by atoms with Crippen LogP contribution < -0.4 is 21.3 Å². The lowest BCUT2D eigenvalue weighted by Gasteiger charge is -2.42. The third-order valence-electron chi connectivity index (χ3n) is 12.2. The highest BCUT2D eigenvalue weighted by atomic mass is 16.2. The molecular weight excluding hydrogens is 612 g/mol. The number of carbonyl (C=O) groups is 2. The van der Waals surface area contributed by atoms with E-state index in [-0.39, 0.29) is 34.5 Å². The molecule has 0 spiro atoms. The molecule has 1 aromatic carbocycles. The number of primary amides is 1. The monoisotopic (exact) mass is 666 g/mol. The molecule has 0 bridgehead atoms. The van der Waals surface area contributed by atoms with Crippen molar-refractivity contribution in [1.82, 2.24) is 24.8 Å². The molecular formula is C39H54N8O2. The number of nitrogens with zero attached hydrogens (tertiary/aromatic N) is 5. The zero-order valence-electron chi connectivity index (χ0n) is 30.0. The zero-order valence-corrected chi connectivity index (χ0v) is 30.0. The van der Waals surface area contributed by atoms with Gasteiger partial charge in [-0.25, -0.2) is 9.97 Å². The number of likely N-dealkylation sites (tertiary alicyclic amines) is 1. The molecule has 4 aliphatic rings. The summed E-state index contributed by atoms with van der Waals surface area (Å²) in [7, 11) is 2.00. The van der Waals surface area contributed by atoms with E-state index >= 15 is 0 Å². The number of hydrogen-bond acceptors (Lipinski definition) is 7. The van der Waals surface area contributed by atoms with Crippen LogP contribution in [0, 0.1) is 5.41 Å². The van der Waals surface area contributed by atoms with Crippen molar-refractivity contribution in [1.29, 1.82) is 0 Å². The first kappa shape index (κ1) is 33.6. The van der Waals surface area contributed by atoms with Crippen LogP contribution >= 0.6 is 0 Å². The van der Waals surface area contributed by atoms with Gasteiger partial charge in [0.25, 0.3) is 11.8 Å². The molecule has 262 valence electrons. The van der Waals surface area contributed by atoms with Crippen molar-refractivity contribution in [2.24, 2.45) is 18.2 Å². The largest absolute Gasteiger partial charge is 0.364 e. The molecule has 7 rings (SSSR count). The number of hydrogen-bond donors (Lipinski definition) is 3. The zero-order chi connectivity index (χ0) is 34.5. The summed E-state index contributed by atoms with van der Waals surface area (Å²) in [6.07, 6.45) is 13.2. The quantitative estimate of drug-likeness (QED) is 0.275. The van der Waals surface area contributed by atoms with Crippen LogP contribution in [0.5, 0.6) is 0 Å². The number of carbonyl (C=O) groups excluding carboxylic acids is 2. The Morgan fingerprint density at radius 1 is 0.959 bits per heavy atom. The normalized spacial score (nSPS) is 23.7. The van der Waals surface area contributed by atoms with E-state index in [2.05, 4.69) is 88.0 Å². The second-order valence-electron chi connectivity index (χ2n) is 16.3. The Morgan fingerprint density at radius 2 is 1.67 bits per heavy atom. The molecule has 2 saturated heterocycles. The second kappa shape index (κ2) is 13.1. The third-order valence-corrected chi connectivity index (χ3v) is 12.2. The number of rotatable bonds is 8. The average Bonchev–Trinajstić information content (AvgIpc) is 3.79. The molecule has 2 aromatic heterocycles. The van der Waals surface area contributed by atoms with Gasteiger partial charge in [0.2, 0.25) is 0 Å². The van der Waals surface area contributed by atoms with Gasteiger partial charge in [0.05, 0.1) is 6.20 Å². The Balaban J connectivity index is 1.03. The summed E-state index contributed by atoms with van der Waals surface area (Å²) in [5.74, 6) is 0.322. The van der Waals surface area contributed by atoms with Crippen LogP contribution in [0.15, 0.2) is 36.5 Å². The number of aromatic nitrogens is 3. The maximum absolute atomic E-state index is 13.5. The number of benzene rings is 1. The van der Waals surface area contributed by atoms with Crippen molar-refractivity contribution < 1.29 is 9.59 Å². The van der Waals surface area contributed by atoms with Crippen molar-refractivity contribution in [3.63, 3.8) is 0 Å². The minimum Gasteiger partial charge on any atom is -0.364 e. The summed E-state index contributed by atoms with van der Waals surface area (Å²) in [4.78, 5) is 40.2. The lowest BCUT2D eigenvalue weighted by molar-refractivity contribution is 0.0914. The first-order valence-corrected chi connectivity index (χ1v) is 18.4. The number of nitrogens with one attached hydrogen (secondary N) is 2. The third kappa shape index (κ3) is 6.68. The van der Waals surface area contributed by atoms with E-state index in [4.69, 9.17) is 10.7 Å². The number of amides is 2. The van der Waals surface area contributed by atoms with Gasteiger partial charge in [0, 0.05) is 43.1 Å². The molecule has 4 heterocycles. The Bertz CT molecular complexity index is 1700. The van der Waals surface area contributed by atoms with Crippen LogP contribution in [0.4, 0.5) is 17.3 Å². The van der Waals surface area contributed by atoms with Crippen LogP contribution in [0.1, 0.15) is 117 Å². The lowest BCUT2D eigenvalue weighted by Crippen LogP contribution is -2.54. The van der Waals surface area contributed by atoms with E-state index in [1.54, 1.807) is 6.20 Å². The molecule has 0 radical (unpaired) electrons. The van der Waals surface area contributed by atoms with Crippen LogP contribution in [-0.2, 0) is 25.3 Å². The lowest BCUT2D eigenvalue weighted by atomic mass is 9.74. The van der Waals surface area contributed by atoms with Gasteiger partial charge in [-0.05, 0) is 112 Å². The summed E-state index contributed by atoms with van der Waals surface area (Å²) in [6, 6.07) is 11.3. The van der Waals surface area contributed by atoms with E-state index in [0.29, 0.717) is 11.6 Å². The Kier molecular flexibility index (Phi) is 8.96. The van der Waals surface area contributed by atoms with Crippen LogP contribution in [0.2, 0.25) is 0 Å². The van der Waals surface area contributed by atoms with Crippen LogP contribution in [0.25, 0.3) is 0 Å². The standard InChI is InChI=1S/C39H54N8O2/c1-25-30(43-37(49)31-21-26-22-38(2,3)23-32(26)45(31)5)11-8-18-47(25)33-24-41-34(35(40)48)36(44-33)42-28-14-12-27(13-15-28)39(4)16-19-46(20-17-39)29-9-6-7-10-29/h12-15,21,24-25,29-30H,6-11,16-20,22-23H2,1-5H3,(H2,40,48)(H,42,44)(H,43,49)/t25-,30-/m1/s1. The minimum absolute atomic E-state index is 0.0227. The van der Waals surface area contributed by atoms with Gasteiger partial charge in [-0.1, -0.05) is 45.7 Å². The van der Waals surface area contributed by atoms with Gasteiger partial charge in [0.1, 0.15) is 11.5 Å². The summed E-state index contributed by atoms with van der Waals surface area (Å²) < 4.78 is 2.07. The smallest absolute Gasteiger partial charge is 0.271 e. The Hall–Kier alpha value is -3.92. The molecule has 4 N–H and O–H groups in total. The summed E-state index contributed by atoms with van der Waals surface area (Å²) in [5.41, 5.74) is 11.7. The van der Waals surface area contributed by atoms with Gasteiger partial charge in [-0.15, -0.1) is 0 Å². The summed E-state index contributed by atoms with van der Waals surface area (Å²) >= 11 is 0. The van der Waals surface area contributed by atoms with E-state index in [1.807, 2.05) is 7.05 Å². The minimum atomic E-state index is -0.630. The molecule has 2 aliphatic carbocycles. The van der Waals surface area contributed by atoms with Crippen LogP contribution in [0.3, 0.4) is 0 Å². The van der Waals surface area contributed by atoms with Crippen molar-refractivity contribution in [3.8, 4) is 0 Å². The van der Waals surface area contributed by atoms with Crippen molar-refractivity contribution in [3.05, 3.63) is 64.7 Å². The molecule has 2 atom stereocenters. The highest BCUT2D eigenvalue weighted by molar-refractivity contribution is 5.96. The summed E-state index contributed by atoms with van der Waals surface area (Å²) in [6.45, 7) is 12.2. The fourth-order valence-electron chi connectivity index (χ4n) is 9.06. The predicted octanol–water partition coefficient (Wildman–Crippen LogP) is 5.87. The van der Waals surface area contributed by atoms with Gasteiger partial charge in [-0.2, -0.15) is 0 Å². The first-order valence-electron chi connectivity index (χ1n) is 18.4. The predicted molar refractivity (Wildman–Crippen MR) is 195 cm³/mol. The molecule has 2 amide bonds. The van der Waals surface area contributed by atoms with Crippen molar-refractivity contribution in [2.75, 3.05) is 29.9 Å². The van der Waals surface area contributed by atoms with Gasteiger partial charge in [0.15, 0.2) is 11.5 Å². The Morgan fingerprint density at radius 3 is 2.35 bits per heavy atom. The van der Waals surface area contributed by atoms with Gasteiger partial charge < -0.3 is 30.7 Å². The fraction of sp³-hybridized carbons (Fsp3) is 0.590. The van der Waals surface area contributed by atoms with E-state index in [9.17, 15) is 9.59 Å². The highest BCUT2D eigenvalue weighted by Crippen LogP contribution is 2.39.